The molecule has 0 aromatic carbocycles. The second-order valence-electron chi connectivity index (χ2n) is 2.85. The minimum Gasteiger partial charge on any atom is -0.0845 e. The van der Waals surface area contributed by atoms with Crippen LogP contribution in [-0.4, -0.2) is 0 Å². The zero-order valence-corrected chi connectivity index (χ0v) is 7.82. The van der Waals surface area contributed by atoms with Crippen molar-refractivity contribution in [3.63, 3.8) is 0 Å². The topological polar surface area (TPSA) is 0 Å². The van der Waals surface area contributed by atoms with Gasteiger partial charge in [0.25, 0.3) is 0 Å². The first kappa shape index (κ1) is 9.79. The lowest BCUT2D eigenvalue weighted by molar-refractivity contribution is 0.855. The normalized spacial score (nSPS) is 17.8. The van der Waals surface area contributed by atoms with Crippen molar-refractivity contribution in [1.29, 1.82) is 0 Å². The maximum atomic E-state index is 3.22. The second-order valence-corrected chi connectivity index (χ2v) is 2.85. The summed E-state index contributed by atoms with van der Waals surface area (Å²) in [6, 6.07) is 0. The van der Waals surface area contributed by atoms with Gasteiger partial charge in [0.05, 0.1) is 0 Å². The van der Waals surface area contributed by atoms with Gasteiger partial charge in [0.1, 0.15) is 0 Å². The summed E-state index contributed by atoms with van der Waals surface area (Å²) in [7, 11) is 0. The van der Waals surface area contributed by atoms with Crippen molar-refractivity contribution in [3.8, 4) is 0 Å². The lowest BCUT2D eigenvalue weighted by Gasteiger charge is -1.87. The average Bonchev–Trinajstić information content (AvgIpc) is 2.18. The van der Waals surface area contributed by atoms with E-state index in [1.165, 1.54) is 6.42 Å². The lowest BCUT2D eigenvalue weighted by atomic mass is 10.2. The average molecular weight is 171 g/mol. The molecule has 0 spiro atoms. The molecule has 0 N–H and O–H groups in total. The van der Waals surface area contributed by atoms with Crippen LogP contribution >= 0.6 is 0 Å². The molecule has 0 bridgehead atoms. The molecule has 0 heteroatoms. The van der Waals surface area contributed by atoms with E-state index in [0.717, 1.165) is 12.8 Å². The molecule has 0 aliphatic heterocycles. The Labute approximate surface area is 80.7 Å². The van der Waals surface area contributed by atoms with Gasteiger partial charge in [0.15, 0.2) is 0 Å². The molecule has 0 atom stereocenters. The van der Waals surface area contributed by atoms with Crippen LogP contribution in [-0.2, 0) is 0 Å². The Morgan fingerprint density at radius 2 is 1.46 bits per heavy atom. The number of allylic oxidation sites excluding steroid dienone is 10. The molecule has 0 heterocycles. The van der Waals surface area contributed by atoms with E-state index in [1.807, 2.05) is 36.5 Å². The van der Waals surface area contributed by atoms with Gasteiger partial charge in [-0.15, -0.1) is 0 Å². The van der Waals surface area contributed by atoms with Crippen LogP contribution in [0.1, 0.15) is 19.3 Å². The van der Waals surface area contributed by atoms with E-state index in [9.17, 15) is 0 Å². The summed E-state index contributed by atoms with van der Waals surface area (Å²) in [5, 5.41) is 0. The van der Waals surface area contributed by atoms with Crippen molar-refractivity contribution >= 4 is 0 Å². The van der Waals surface area contributed by atoms with Crippen LogP contribution in [0, 0.1) is 6.08 Å². The monoisotopic (exact) mass is 171 g/mol. The van der Waals surface area contributed by atoms with Crippen molar-refractivity contribution in [1.82, 2.24) is 0 Å². The predicted octanol–water partition coefficient (Wildman–Crippen LogP) is 3.75. The molecule has 1 radical (unpaired) electrons. The zero-order chi connectivity index (χ0) is 9.19. The van der Waals surface area contributed by atoms with E-state index < -0.39 is 0 Å². The SMILES string of the molecule is [C]1=CC=CC=CC=CC=CCCC1. The highest BCUT2D eigenvalue weighted by atomic mass is 13.8. The number of hydrogen-bond acceptors (Lipinski definition) is 0. The summed E-state index contributed by atoms with van der Waals surface area (Å²) in [5.41, 5.74) is 0. The number of rotatable bonds is 0. The molecule has 67 valence electrons. The Morgan fingerprint density at radius 1 is 0.769 bits per heavy atom. The van der Waals surface area contributed by atoms with Crippen molar-refractivity contribution in [2.75, 3.05) is 0 Å². The molecule has 0 aromatic heterocycles. The summed E-state index contributed by atoms with van der Waals surface area (Å²) in [6.45, 7) is 0. The van der Waals surface area contributed by atoms with Gasteiger partial charge in [-0.3, -0.25) is 0 Å². The molecule has 1 rings (SSSR count). The van der Waals surface area contributed by atoms with Crippen LogP contribution in [0.15, 0.2) is 54.7 Å². The third kappa shape index (κ3) is 5.92. The summed E-state index contributed by atoms with van der Waals surface area (Å²) in [5.74, 6) is 0. The van der Waals surface area contributed by atoms with E-state index in [4.69, 9.17) is 0 Å². The van der Waals surface area contributed by atoms with Gasteiger partial charge in [0, 0.05) is 0 Å². The van der Waals surface area contributed by atoms with Gasteiger partial charge < -0.3 is 0 Å². The quantitative estimate of drug-likeness (QED) is 0.520. The van der Waals surface area contributed by atoms with Crippen LogP contribution in [0.5, 0.6) is 0 Å². The maximum Gasteiger partial charge on any atom is -0.0273 e. The van der Waals surface area contributed by atoms with E-state index in [-0.39, 0.29) is 0 Å². The molecule has 0 amide bonds. The van der Waals surface area contributed by atoms with Gasteiger partial charge in [-0.25, -0.2) is 0 Å². The summed E-state index contributed by atoms with van der Waals surface area (Å²) < 4.78 is 0. The van der Waals surface area contributed by atoms with E-state index >= 15 is 0 Å². The Bertz CT molecular complexity index is 223. The molecule has 0 fully saturated rings. The van der Waals surface area contributed by atoms with Crippen molar-refractivity contribution in [3.05, 3.63) is 60.8 Å². The van der Waals surface area contributed by atoms with Gasteiger partial charge in [-0.2, -0.15) is 0 Å². The highest BCUT2D eigenvalue weighted by molar-refractivity contribution is 5.17. The first-order valence-electron chi connectivity index (χ1n) is 4.72. The summed E-state index contributed by atoms with van der Waals surface area (Å²) in [4.78, 5) is 0. The van der Waals surface area contributed by atoms with Gasteiger partial charge in [-0.1, -0.05) is 54.7 Å². The highest BCUT2D eigenvalue weighted by Gasteiger charge is 1.79. The fourth-order valence-electron chi connectivity index (χ4n) is 1.02. The van der Waals surface area contributed by atoms with Gasteiger partial charge >= 0.3 is 0 Å². The Hall–Kier alpha value is -1.30. The van der Waals surface area contributed by atoms with Crippen molar-refractivity contribution in [2.24, 2.45) is 0 Å². The summed E-state index contributed by atoms with van der Waals surface area (Å²) in [6.07, 6.45) is 25.0. The molecule has 0 unspecified atom stereocenters. The molecule has 0 aromatic rings. The number of hydrogen-bond donors (Lipinski definition) is 0. The lowest BCUT2D eigenvalue weighted by Crippen LogP contribution is -1.68. The molecule has 1 aliphatic carbocycles. The summed E-state index contributed by atoms with van der Waals surface area (Å²) >= 11 is 0. The Balaban J connectivity index is 2.51. The van der Waals surface area contributed by atoms with Crippen LogP contribution in [0.4, 0.5) is 0 Å². The standard InChI is InChI=1S/C13H15/c1-2-4-6-8-10-12-13-11-9-7-5-3-1/h1-9H,10,12-13H2. The smallest absolute Gasteiger partial charge is 0.0273 e. The molecule has 1 aliphatic rings. The van der Waals surface area contributed by atoms with Crippen LogP contribution < -0.4 is 0 Å². The zero-order valence-electron chi connectivity index (χ0n) is 7.82. The first-order valence-corrected chi connectivity index (χ1v) is 4.72. The van der Waals surface area contributed by atoms with E-state index in [2.05, 4.69) is 24.3 Å². The molecule has 13 heavy (non-hydrogen) atoms. The van der Waals surface area contributed by atoms with Gasteiger partial charge in [-0.05, 0) is 25.3 Å². The predicted molar refractivity (Wildman–Crippen MR) is 58.2 cm³/mol. The Morgan fingerprint density at radius 3 is 2.31 bits per heavy atom. The molecular formula is C13H15. The van der Waals surface area contributed by atoms with Crippen LogP contribution in [0.3, 0.4) is 0 Å². The fourth-order valence-corrected chi connectivity index (χ4v) is 1.02. The Kier molecular flexibility index (Phi) is 5.54. The maximum absolute atomic E-state index is 3.22. The third-order valence-corrected chi connectivity index (χ3v) is 1.71. The molecular weight excluding hydrogens is 156 g/mol. The molecule has 0 saturated carbocycles. The van der Waals surface area contributed by atoms with Crippen molar-refractivity contribution < 1.29 is 0 Å². The molecule has 0 nitrogen and oxygen atoms in total. The minimum absolute atomic E-state index is 1.04. The molecule has 0 saturated heterocycles. The van der Waals surface area contributed by atoms with Crippen molar-refractivity contribution in [2.45, 2.75) is 19.3 Å². The van der Waals surface area contributed by atoms with E-state index in [0.29, 0.717) is 0 Å². The largest absolute Gasteiger partial charge is 0.0845 e. The van der Waals surface area contributed by atoms with Gasteiger partial charge in [0.2, 0.25) is 0 Å². The van der Waals surface area contributed by atoms with Crippen LogP contribution in [0.25, 0.3) is 0 Å². The van der Waals surface area contributed by atoms with E-state index in [1.54, 1.807) is 0 Å². The van der Waals surface area contributed by atoms with Crippen LogP contribution in [0.2, 0.25) is 0 Å². The first-order chi connectivity index (χ1) is 6.50. The second kappa shape index (κ2) is 7.35. The fraction of sp³-hybridized carbons (Fsp3) is 0.231. The minimum atomic E-state index is 1.04. The third-order valence-electron chi connectivity index (χ3n) is 1.71. The highest BCUT2D eigenvalue weighted by Crippen LogP contribution is 1.98.